The van der Waals surface area contributed by atoms with Crippen molar-refractivity contribution >= 4 is 0 Å². The van der Waals surface area contributed by atoms with E-state index in [4.69, 9.17) is 10.5 Å². The van der Waals surface area contributed by atoms with Crippen molar-refractivity contribution in [2.24, 2.45) is 5.73 Å². The SMILES string of the molecule is COC(C)c1nnnn1CCCCN. The van der Waals surface area contributed by atoms with E-state index < -0.39 is 0 Å². The van der Waals surface area contributed by atoms with Gasteiger partial charge in [0.05, 0.1) is 0 Å². The van der Waals surface area contributed by atoms with Gasteiger partial charge < -0.3 is 10.5 Å². The fraction of sp³-hybridized carbons (Fsp3) is 0.875. The molecule has 0 aliphatic rings. The first-order valence-electron chi connectivity index (χ1n) is 4.78. The molecule has 0 radical (unpaired) electrons. The highest BCUT2D eigenvalue weighted by molar-refractivity contribution is 4.85. The molecule has 0 amide bonds. The zero-order valence-corrected chi connectivity index (χ0v) is 8.68. The molecule has 0 aliphatic carbocycles. The monoisotopic (exact) mass is 199 g/mol. The Morgan fingerprint density at radius 3 is 2.93 bits per heavy atom. The number of methoxy groups -OCH3 is 1. The molecule has 0 fully saturated rings. The minimum atomic E-state index is -0.0668. The molecule has 1 heterocycles. The molecule has 6 nitrogen and oxygen atoms in total. The largest absolute Gasteiger partial charge is 0.374 e. The van der Waals surface area contributed by atoms with Gasteiger partial charge in [0.25, 0.3) is 0 Å². The molecule has 6 heteroatoms. The first-order chi connectivity index (χ1) is 6.79. The van der Waals surface area contributed by atoms with Gasteiger partial charge in [0, 0.05) is 13.7 Å². The summed E-state index contributed by atoms with van der Waals surface area (Å²) < 4.78 is 6.92. The molecular formula is C8H17N5O. The minimum absolute atomic E-state index is 0.0668. The first-order valence-corrected chi connectivity index (χ1v) is 4.78. The number of aryl methyl sites for hydroxylation is 1. The summed E-state index contributed by atoms with van der Waals surface area (Å²) in [6, 6.07) is 0. The van der Waals surface area contributed by atoms with E-state index in [1.807, 2.05) is 6.92 Å². The molecule has 1 unspecified atom stereocenters. The number of unbranched alkanes of at least 4 members (excludes halogenated alkanes) is 1. The van der Waals surface area contributed by atoms with Crippen LogP contribution in [-0.4, -0.2) is 33.9 Å². The van der Waals surface area contributed by atoms with E-state index in [2.05, 4.69) is 15.5 Å². The second-order valence-electron chi connectivity index (χ2n) is 3.13. The van der Waals surface area contributed by atoms with E-state index in [9.17, 15) is 0 Å². The molecule has 0 bridgehead atoms. The smallest absolute Gasteiger partial charge is 0.179 e. The van der Waals surface area contributed by atoms with Crippen molar-refractivity contribution in [1.82, 2.24) is 20.2 Å². The normalized spacial score (nSPS) is 13.1. The van der Waals surface area contributed by atoms with Gasteiger partial charge in [0.15, 0.2) is 5.82 Å². The van der Waals surface area contributed by atoms with Gasteiger partial charge in [-0.25, -0.2) is 4.68 Å². The molecule has 1 rings (SSSR count). The van der Waals surface area contributed by atoms with Crippen LogP contribution in [0.25, 0.3) is 0 Å². The lowest BCUT2D eigenvalue weighted by Crippen LogP contribution is -2.11. The van der Waals surface area contributed by atoms with Gasteiger partial charge in [-0.05, 0) is 36.7 Å². The van der Waals surface area contributed by atoms with E-state index >= 15 is 0 Å². The summed E-state index contributed by atoms with van der Waals surface area (Å²) in [6.07, 6.45) is 1.91. The number of hydrogen-bond donors (Lipinski definition) is 1. The lowest BCUT2D eigenvalue weighted by molar-refractivity contribution is 0.107. The molecule has 0 aromatic carbocycles. The van der Waals surface area contributed by atoms with Crippen LogP contribution in [0.3, 0.4) is 0 Å². The molecule has 1 aromatic heterocycles. The van der Waals surface area contributed by atoms with Crippen molar-refractivity contribution in [3.8, 4) is 0 Å². The second kappa shape index (κ2) is 5.66. The van der Waals surface area contributed by atoms with Crippen LogP contribution in [0.5, 0.6) is 0 Å². The summed E-state index contributed by atoms with van der Waals surface area (Å²) in [4.78, 5) is 0. The molecule has 14 heavy (non-hydrogen) atoms. The Morgan fingerprint density at radius 2 is 2.29 bits per heavy atom. The van der Waals surface area contributed by atoms with Gasteiger partial charge in [-0.2, -0.15) is 0 Å². The molecule has 80 valence electrons. The number of aromatic nitrogens is 4. The number of ether oxygens (including phenoxy) is 1. The van der Waals surface area contributed by atoms with Crippen LogP contribution in [-0.2, 0) is 11.3 Å². The van der Waals surface area contributed by atoms with Crippen LogP contribution in [0.4, 0.5) is 0 Å². The Balaban J connectivity index is 2.53. The van der Waals surface area contributed by atoms with E-state index in [1.54, 1.807) is 11.8 Å². The lowest BCUT2D eigenvalue weighted by Gasteiger charge is -2.08. The molecule has 0 spiro atoms. The van der Waals surface area contributed by atoms with Crippen LogP contribution in [0.15, 0.2) is 0 Å². The fourth-order valence-corrected chi connectivity index (χ4v) is 1.17. The summed E-state index contributed by atoms with van der Waals surface area (Å²) in [7, 11) is 1.64. The molecule has 0 aliphatic heterocycles. The maximum atomic E-state index is 5.41. The van der Waals surface area contributed by atoms with Crippen LogP contribution >= 0.6 is 0 Å². The van der Waals surface area contributed by atoms with Crippen LogP contribution in [0, 0.1) is 0 Å². The number of tetrazole rings is 1. The van der Waals surface area contributed by atoms with Crippen molar-refractivity contribution in [2.45, 2.75) is 32.4 Å². The van der Waals surface area contributed by atoms with Crippen molar-refractivity contribution in [1.29, 1.82) is 0 Å². The van der Waals surface area contributed by atoms with E-state index in [-0.39, 0.29) is 6.10 Å². The number of hydrogen-bond acceptors (Lipinski definition) is 5. The van der Waals surface area contributed by atoms with Gasteiger partial charge in [-0.15, -0.1) is 5.10 Å². The van der Waals surface area contributed by atoms with E-state index in [0.29, 0.717) is 6.54 Å². The topological polar surface area (TPSA) is 78.9 Å². The van der Waals surface area contributed by atoms with Crippen molar-refractivity contribution < 1.29 is 4.74 Å². The quantitative estimate of drug-likeness (QED) is 0.658. The summed E-state index contributed by atoms with van der Waals surface area (Å²) in [5.41, 5.74) is 5.41. The predicted octanol–water partition coefficient (Wildman–Crippen LogP) is 0.119. The first kappa shape index (κ1) is 11.1. The number of nitrogens with two attached hydrogens (primary N) is 1. The summed E-state index contributed by atoms with van der Waals surface area (Å²) in [5, 5.41) is 11.4. The van der Waals surface area contributed by atoms with E-state index in [1.165, 1.54) is 0 Å². The minimum Gasteiger partial charge on any atom is -0.374 e. The Morgan fingerprint density at radius 1 is 1.50 bits per heavy atom. The Bertz CT molecular complexity index is 262. The van der Waals surface area contributed by atoms with Gasteiger partial charge in [-0.3, -0.25) is 0 Å². The Kier molecular flexibility index (Phi) is 4.48. The van der Waals surface area contributed by atoms with Gasteiger partial charge in [0.1, 0.15) is 6.10 Å². The van der Waals surface area contributed by atoms with Gasteiger partial charge in [0.2, 0.25) is 0 Å². The fourth-order valence-electron chi connectivity index (χ4n) is 1.17. The number of rotatable bonds is 6. The van der Waals surface area contributed by atoms with Crippen molar-refractivity contribution in [3.05, 3.63) is 5.82 Å². The Hall–Kier alpha value is -1.01. The number of nitrogens with zero attached hydrogens (tertiary/aromatic N) is 4. The molecule has 2 N–H and O–H groups in total. The highest BCUT2D eigenvalue weighted by atomic mass is 16.5. The predicted molar refractivity (Wildman–Crippen MR) is 51.5 cm³/mol. The third-order valence-electron chi connectivity index (χ3n) is 2.10. The molecule has 1 atom stereocenters. The zero-order chi connectivity index (χ0) is 10.4. The molecule has 1 aromatic rings. The molecular weight excluding hydrogens is 182 g/mol. The van der Waals surface area contributed by atoms with Gasteiger partial charge >= 0.3 is 0 Å². The summed E-state index contributed by atoms with van der Waals surface area (Å²) in [6.45, 7) is 3.43. The highest BCUT2D eigenvalue weighted by Gasteiger charge is 2.12. The third-order valence-corrected chi connectivity index (χ3v) is 2.10. The van der Waals surface area contributed by atoms with Gasteiger partial charge in [-0.1, -0.05) is 0 Å². The average molecular weight is 199 g/mol. The Labute approximate surface area is 83.4 Å². The maximum Gasteiger partial charge on any atom is 0.179 e. The highest BCUT2D eigenvalue weighted by Crippen LogP contribution is 2.11. The second-order valence-corrected chi connectivity index (χ2v) is 3.13. The zero-order valence-electron chi connectivity index (χ0n) is 8.68. The molecule has 0 saturated heterocycles. The maximum absolute atomic E-state index is 5.41. The van der Waals surface area contributed by atoms with E-state index in [0.717, 1.165) is 25.2 Å². The van der Waals surface area contributed by atoms with Crippen LogP contribution in [0.1, 0.15) is 31.7 Å². The molecule has 0 saturated carbocycles. The standard InChI is InChI=1S/C8H17N5O/c1-7(14-2)8-10-11-12-13(8)6-4-3-5-9/h7H,3-6,9H2,1-2H3. The van der Waals surface area contributed by atoms with Crippen LogP contribution in [0.2, 0.25) is 0 Å². The summed E-state index contributed by atoms with van der Waals surface area (Å²) in [5.74, 6) is 0.768. The van der Waals surface area contributed by atoms with Crippen molar-refractivity contribution in [2.75, 3.05) is 13.7 Å². The third kappa shape index (κ3) is 2.74. The average Bonchev–Trinajstić information content (AvgIpc) is 2.65. The lowest BCUT2D eigenvalue weighted by atomic mass is 10.3. The van der Waals surface area contributed by atoms with Crippen LogP contribution < -0.4 is 5.73 Å². The van der Waals surface area contributed by atoms with Crippen molar-refractivity contribution in [3.63, 3.8) is 0 Å². The summed E-state index contributed by atoms with van der Waals surface area (Å²) >= 11 is 0.